The van der Waals surface area contributed by atoms with E-state index < -0.39 is 10.0 Å². The topological polar surface area (TPSA) is 101 Å². The number of carbonyl (C=O) groups excluding carboxylic acids is 1. The summed E-state index contributed by atoms with van der Waals surface area (Å²) in [7, 11) is -3.29. The SMILES string of the molecule is Cl.NC1C2CCCC1CC(C(=O)NCCS(=O)(=O)NCC1CCC1)C2. The Morgan fingerprint density at radius 1 is 1.04 bits per heavy atom. The molecule has 0 aromatic rings. The molecule has 0 aliphatic heterocycles. The zero-order valence-electron chi connectivity index (χ0n) is 14.8. The van der Waals surface area contributed by atoms with Crippen LogP contribution in [0.25, 0.3) is 0 Å². The third-order valence-corrected chi connectivity index (χ3v) is 7.62. The molecular weight excluding hydrogens is 362 g/mol. The van der Waals surface area contributed by atoms with Crippen molar-refractivity contribution < 1.29 is 13.2 Å². The molecule has 3 fully saturated rings. The maximum absolute atomic E-state index is 12.4. The Hall–Kier alpha value is -0.370. The van der Waals surface area contributed by atoms with E-state index in [1.54, 1.807) is 0 Å². The summed E-state index contributed by atoms with van der Waals surface area (Å²) in [4.78, 5) is 12.4. The number of amides is 1. The average molecular weight is 394 g/mol. The fraction of sp³-hybridized carbons (Fsp3) is 0.941. The number of hydrogen-bond donors (Lipinski definition) is 3. The molecule has 0 radical (unpaired) electrons. The zero-order valence-corrected chi connectivity index (χ0v) is 16.4. The standard InChI is InChI=1S/C17H31N3O3S.ClH/c18-16-13-5-2-6-14(16)10-15(9-13)17(21)19-7-8-24(22,23)20-11-12-3-1-4-12;/h12-16,20H,1-11,18H2,(H,19,21);1H. The number of carbonyl (C=O) groups is 1. The summed E-state index contributed by atoms with van der Waals surface area (Å²) in [6.45, 7) is 0.733. The molecule has 2 bridgehead atoms. The van der Waals surface area contributed by atoms with Gasteiger partial charge >= 0.3 is 0 Å². The molecular formula is C17H32ClN3O3S. The first-order valence-electron chi connectivity index (χ1n) is 9.45. The molecule has 0 aromatic heterocycles. The summed E-state index contributed by atoms with van der Waals surface area (Å²) in [6.07, 6.45) is 8.63. The number of hydrogen-bond acceptors (Lipinski definition) is 4. The van der Waals surface area contributed by atoms with Crippen LogP contribution in [-0.4, -0.2) is 39.2 Å². The highest BCUT2D eigenvalue weighted by atomic mass is 35.5. The molecule has 2 unspecified atom stereocenters. The van der Waals surface area contributed by atoms with Crippen LogP contribution in [0.1, 0.15) is 51.4 Å². The minimum Gasteiger partial charge on any atom is -0.355 e. The lowest BCUT2D eigenvalue weighted by Gasteiger charge is -2.43. The highest BCUT2D eigenvalue weighted by Gasteiger charge is 2.40. The molecule has 0 saturated heterocycles. The molecule has 3 aliphatic carbocycles. The van der Waals surface area contributed by atoms with E-state index in [-0.39, 0.29) is 42.6 Å². The quantitative estimate of drug-likeness (QED) is 0.608. The summed E-state index contributed by atoms with van der Waals surface area (Å²) in [5.41, 5.74) is 6.26. The van der Waals surface area contributed by atoms with Crippen LogP contribution < -0.4 is 15.8 Å². The van der Waals surface area contributed by atoms with Crippen molar-refractivity contribution in [3.05, 3.63) is 0 Å². The molecule has 1 amide bonds. The predicted octanol–water partition coefficient (Wildman–Crippen LogP) is 1.40. The normalized spacial score (nSPS) is 32.4. The van der Waals surface area contributed by atoms with Gasteiger partial charge in [0.25, 0.3) is 0 Å². The second-order valence-corrected chi connectivity index (χ2v) is 9.88. The largest absolute Gasteiger partial charge is 0.355 e. The second kappa shape index (κ2) is 9.02. The molecule has 0 heterocycles. The molecule has 25 heavy (non-hydrogen) atoms. The van der Waals surface area contributed by atoms with Gasteiger partial charge in [-0.15, -0.1) is 12.4 Å². The summed E-state index contributed by atoms with van der Waals surface area (Å²) in [6, 6.07) is 0.249. The Balaban J connectivity index is 0.00000225. The van der Waals surface area contributed by atoms with E-state index in [4.69, 9.17) is 5.73 Å². The Bertz CT molecular complexity index is 539. The molecule has 2 atom stereocenters. The van der Waals surface area contributed by atoms with Crippen molar-refractivity contribution in [3.8, 4) is 0 Å². The van der Waals surface area contributed by atoms with E-state index in [0.717, 1.165) is 38.5 Å². The van der Waals surface area contributed by atoms with Gasteiger partial charge in [0.2, 0.25) is 15.9 Å². The lowest BCUT2D eigenvalue weighted by atomic mass is 9.65. The van der Waals surface area contributed by atoms with Crippen molar-refractivity contribution in [2.24, 2.45) is 29.4 Å². The zero-order chi connectivity index (χ0) is 17.2. The van der Waals surface area contributed by atoms with E-state index >= 15 is 0 Å². The van der Waals surface area contributed by atoms with E-state index in [1.807, 2.05) is 0 Å². The first-order chi connectivity index (χ1) is 11.4. The van der Waals surface area contributed by atoms with Crippen LogP contribution >= 0.6 is 12.4 Å². The Morgan fingerprint density at radius 2 is 1.64 bits per heavy atom. The van der Waals surface area contributed by atoms with Gasteiger partial charge in [-0.05, 0) is 56.3 Å². The number of rotatable bonds is 7. The number of halogens is 1. The molecule has 8 heteroatoms. The Morgan fingerprint density at radius 3 is 2.20 bits per heavy atom. The molecule has 146 valence electrons. The Labute approximate surface area is 157 Å². The minimum atomic E-state index is -3.29. The second-order valence-electron chi connectivity index (χ2n) is 7.95. The third kappa shape index (κ3) is 5.55. The van der Waals surface area contributed by atoms with E-state index in [2.05, 4.69) is 10.0 Å². The van der Waals surface area contributed by atoms with Crippen LogP contribution in [0.2, 0.25) is 0 Å². The monoisotopic (exact) mass is 393 g/mol. The number of fused-ring (bicyclic) bond motifs is 2. The molecule has 4 N–H and O–H groups in total. The van der Waals surface area contributed by atoms with E-state index in [0.29, 0.717) is 24.3 Å². The van der Waals surface area contributed by atoms with Gasteiger partial charge in [0, 0.05) is 25.0 Å². The van der Waals surface area contributed by atoms with E-state index in [1.165, 1.54) is 12.8 Å². The fourth-order valence-corrected chi connectivity index (χ4v) is 5.47. The lowest BCUT2D eigenvalue weighted by Crippen LogP contribution is -2.49. The van der Waals surface area contributed by atoms with Crippen molar-refractivity contribution in [3.63, 3.8) is 0 Å². The van der Waals surface area contributed by atoms with Crippen LogP contribution in [0.15, 0.2) is 0 Å². The fourth-order valence-electron chi connectivity index (χ4n) is 4.47. The van der Waals surface area contributed by atoms with Crippen molar-refractivity contribution in [1.82, 2.24) is 10.0 Å². The van der Waals surface area contributed by atoms with Crippen molar-refractivity contribution >= 4 is 28.3 Å². The van der Waals surface area contributed by atoms with Gasteiger partial charge in [-0.3, -0.25) is 4.79 Å². The number of sulfonamides is 1. The first kappa shape index (κ1) is 20.9. The Kier molecular flexibility index (Phi) is 7.55. The highest BCUT2D eigenvalue weighted by molar-refractivity contribution is 7.89. The number of nitrogens with two attached hydrogens (primary N) is 1. The van der Waals surface area contributed by atoms with Crippen LogP contribution in [-0.2, 0) is 14.8 Å². The van der Waals surface area contributed by atoms with Gasteiger partial charge < -0.3 is 11.1 Å². The molecule has 6 nitrogen and oxygen atoms in total. The summed E-state index contributed by atoms with van der Waals surface area (Å²) < 4.78 is 26.6. The molecule has 3 aliphatic rings. The smallest absolute Gasteiger partial charge is 0.223 e. The molecule has 0 aromatic carbocycles. The van der Waals surface area contributed by atoms with E-state index in [9.17, 15) is 13.2 Å². The van der Waals surface area contributed by atoms with Crippen LogP contribution in [0.5, 0.6) is 0 Å². The van der Waals surface area contributed by atoms with Gasteiger partial charge in [0.1, 0.15) is 0 Å². The maximum atomic E-state index is 12.4. The van der Waals surface area contributed by atoms with Crippen molar-refractivity contribution in [1.29, 1.82) is 0 Å². The van der Waals surface area contributed by atoms with Gasteiger partial charge in [-0.2, -0.15) is 0 Å². The van der Waals surface area contributed by atoms with Gasteiger partial charge in [-0.25, -0.2) is 13.1 Å². The summed E-state index contributed by atoms with van der Waals surface area (Å²) in [5, 5.41) is 2.83. The van der Waals surface area contributed by atoms with Crippen LogP contribution in [0.4, 0.5) is 0 Å². The number of nitrogens with one attached hydrogen (secondary N) is 2. The first-order valence-corrected chi connectivity index (χ1v) is 11.1. The molecule has 3 rings (SSSR count). The van der Waals surface area contributed by atoms with Gasteiger partial charge in [-0.1, -0.05) is 12.8 Å². The third-order valence-electron chi connectivity index (χ3n) is 6.27. The van der Waals surface area contributed by atoms with Crippen LogP contribution in [0, 0.1) is 23.7 Å². The van der Waals surface area contributed by atoms with Gasteiger partial charge in [0.05, 0.1) is 5.75 Å². The van der Waals surface area contributed by atoms with Crippen molar-refractivity contribution in [2.75, 3.05) is 18.8 Å². The lowest BCUT2D eigenvalue weighted by molar-refractivity contribution is -0.127. The van der Waals surface area contributed by atoms with Gasteiger partial charge in [0.15, 0.2) is 0 Å². The molecule has 0 spiro atoms. The maximum Gasteiger partial charge on any atom is 0.223 e. The van der Waals surface area contributed by atoms with Crippen molar-refractivity contribution in [2.45, 2.75) is 57.4 Å². The predicted molar refractivity (Wildman–Crippen MR) is 101 cm³/mol. The summed E-state index contributed by atoms with van der Waals surface area (Å²) in [5.74, 6) is 1.39. The summed E-state index contributed by atoms with van der Waals surface area (Å²) >= 11 is 0. The average Bonchev–Trinajstić information content (AvgIpc) is 2.44. The highest BCUT2D eigenvalue weighted by Crippen LogP contribution is 2.41. The minimum absolute atomic E-state index is 0. The van der Waals surface area contributed by atoms with Crippen LogP contribution in [0.3, 0.4) is 0 Å². The molecule has 3 saturated carbocycles.